The average Bonchev–Trinajstić information content (AvgIpc) is 2.38. The Hall–Kier alpha value is -1.16. The summed E-state index contributed by atoms with van der Waals surface area (Å²) in [7, 11) is 0. The zero-order chi connectivity index (χ0) is 12.1. The first-order valence-corrected chi connectivity index (χ1v) is 6.52. The van der Waals surface area contributed by atoms with E-state index in [1.165, 1.54) is 18.4 Å². The molecule has 1 aliphatic rings. The van der Waals surface area contributed by atoms with Crippen LogP contribution in [0.15, 0.2) is 12.4 Å². The zero-order valence-electron chi connectivity index (χ0n) is 10.7. The third-order valence-electron chi connectivity index (χ3n) is 3.35. The van der Waals surface area contributed by atoms with Crippen LogP contribution in [0.5, 0.6) is 0 Å². The molecule has 1 aliphatic heterocycles. The fourth-order valence-electron chi connectivity index (χ4n) is 2.05. The SMILES string of the molecule is CC(C)c1cnc(NCC2CCNCC2)nc1. The molecule has 0 unspecified atom stereocenters. The van der Waals surface area contributed by atoms with Gasteiger partial charge in [-0.25, -0.2) is 9.97 Å². The molecule has 0 aliphatic carbocycles. The highest BCUT2D eigenvalue weighted by Crippen LogP contribution is 2.14. The molecule has 0 atom stereocenters. The van der Waals surface area contributed by atoms with Gasteiger partial charge < -0.3 is 10.6 Å². The molecule has 0 saturated carbocycles. The van der Waals surface area contributed by atoms with Gasteiger partial charge >= 0.3 is 0 Å². The van der Waals surface area contributed by atoms with Gasteiger partial charge in [0.2, 0.25) is 5.95 Å². The second kappa shape index (κ2) is 5.96. The molecule has 0 spiro atoms. The van der Waals surface area contributed by atoms with Gasteiger partial charge in [0.15, 0.2) is 0 Å². The van der Waals surface area contributed by atoms with E-state index < -0.39 is 0 Å². The molecule has 0 aromatic carbocycles. The summed E-state index contributed by atoms with van der Waals surface area (Å²) < 4.78 is 0. The molecule has 4 nitrogen and oxygen atoms in total. The molecule has 1 aromatic heterocycles. The fraction of sp³-hybridized carbons (Fsp3) is 0.692. The zero-order valence-corrected chi connectivity index (χ0v) is 10.7. The van der Waals surface area contributed by atoms with Crippen LogP contribution in [0.25, 0.3) is 0 Å². The molecule has 0 amide bonds. The van der Waals surface area contributed by atoms with Gasteiger partial charge in [-0.2, -0.15) is 0 Å². The van der Waals surface area contributed by atoms with E-state index >= 15 is 0 Å². The summed E-state index contributed by atoms with van der Waals surface area (Å²) >= 11 is 0. The number of nitrogens with one attached hydrogen (secondary N) is 2. The minimum absolute atomic E-state index is 0.494. The Labute approximate surface area is 103 Å². The lowest BCUT2D eigenvalue weighted by Gasteiger charge is -2.22. The van der Waals surface area contributed by atoms with Gasteiger partial charge in [0, 0.05) is 18.9 Å². The van der Waals surface area contributed by atoms with Gasteiger partial charge in [0.25, 0.3) is 0 Å². The normalized spacial score (nSPS) is 17.4. The molecule has 1 aromatic rings. The lowest BCUT2D eigenvalue weighted by molar-refractivity contribution is 0.389. The Morgan fingerprint density at radius 1 is 1.29 bits per heavy atom. The maximum absolute atomic E-state index is 4.35. The van der Waals surface area contributed by atoms with Crippen molar-refractivity contribution >= 4 is 5.95 Å². The first-order chi connectivity index (χ1) is 8.25. The highest BCUT2D eigenvalue weighted by atomic mass is 15.1. The summed E-state index contributed by atoms with van der Waals surface area (Å²) in [6.07, 6.45) is 6.33. The van der Waals surface area contributed by atoms with Crippen molar-refractivity contribution in [1.29, 1.82) is 0 Å². The van der Waals surface area contributed by atoms with Crippen LogP contribution in [0.3, 0.4) is 0 Å². The highest BCUT2D eigenvalue weighted by Gasteiger charge is 2.12. The summed E-state index contributed by atoms with van der Waals surface area (Å²) in [5.41, 5.74) is 1.19. The van der Waals surface area contributed by atoms with Crippen LogP contribution in [-0.2, 0) is 0 Å². The maximum atomic E-state index is 4.35. The minimum atomic E-state index is 0.494. The monoisotopic (exact) mass is 234 g/mol. The number of rotatable bonds is 4. The van der Waals surface area contributed by atoms with Crippen molar-refractivity contribution in [1.82, 2.24) is 15.3 Å². The molecule has 1 fully saturated rings. The predicted octanol–water partition coefficient (Wildman–Crippen LogP) is 2.01. The second-order valence-corrected chi connectivity index (χ2v) is 5.07. The van der Waals surface area contributed by atoms with E-state index in [4.69, 9.17) is 0 Å². The number of hydrogen-bond donors (Lipinski definition) is 2. The van der Waals surface area contributed by atoms with Crippen molar-refractivity contribution in [2.24, 2.45) is 5.92 Å². The van der Waals surface area contributed by atoms with Gasteiger partial charge in [-0.05, 0) is 43.3 Å². The van der Waals surface area contributed by atoms with E-state index in [1.54, 1.807) is 0 Å². The Morgan fingerprint density at radius 2 is 1.94 bits per heavy atom. The predicted molar refractivity (Wildman–Crippen MR) is 70.2 cm³/mol. The topological polar surface area (TPSA) is 49.8 Å². The first kappa shape index (κ1) is 12.3. The van der Waals surface area contributed by atoms with Crippen LogP contribution < -0.4 is 10.6 Å². The number of anilines is 1. The van der Waals surface area contributed by atoms with Crippen LogP contribution in [0, 0.1) is 5.92 Å². The number of hydrogen-bond acceptors (Lipinski definition) is 4. The largest absolute Gasteiger partial charge is 0.354 e. The molecule has 2 heterocycles. The summed E-state index contributed by atoms with van der Waals surface area (Å²) in [5, 5.41) is 6.70. The van der Waals surface area contributed by atoms with Crippen LogP contribution in [-0.4, -0.2) is 29.6 Å². The Kier molecular flexibility index (Phi) is 4.31. The lowest BCUT2D eigenvalue weighted by Crippen LogP contribution is -2.31. The summed E-state index contributed by atoms with van der Waals surface area (Å²) in [6.45, 7) is 7.57. The van der Waals surface area contributed by atoms with Crippen molar-refractivity contribution < 1.29 is 0 Å². The summed E-state index contributed by atoms with van der Waals surface area (Å²) in [6, 6.07) is 0. The van der Waals surface area contributed by atoms with Crippen LogP contribution in [0.2, 0.25) is 0 Å². The van der Waals surface area contributed by atoms with Gasteiger partial charge in [0.1, 0.15) is 0 Å². The van der Waals surface area contributed by atoms with E-state index in [-0.39, 0.29) is 0 Å². The standard InChI is InChI=1S/C13H22N4/c1-10(2)12-8-16-13(17-9-12)15-7-11-3-5-14-6-4-11/h8-11,14H,3-7H2,1-2H3,(H,15,16,17). The Morgan fingerprint density at radius 3 is 2.53 bits per heavy atom. The quantitative estimate of drug-likeness (QED) is 0.836. The molecule has 0 bridgehead atoms. The van der Waals surface area contributed by atoms with Crippen LogP contribution in [0.4, 0.5) is 5.95 Å². The van der Waals surface area contributed by atoms with Gasteiger partial charge in [-0.15, -0.1) is 0 Å². The van der Waals surface area contributed by atoms with Gasteiger partial charge in [0.05, 0.1) is 0 Å². The van der Waals surface area contributed by atoms with Crippen molar-refractivity contribution in [2.45, 2.75) is 32.6 Å². The summed E-state index contributed by atoms with van der Waals surface area (Å²) in [4.78, 5) is 8.69. The van der Waals surface area contributed by atoms with E-state index in [1.807, 2.05) is 12.4 Å². The molecule has 4 heteroatoms. The second-order valence-electron chi connectivity index (χ2n) is 5.07. The third kappa shape index (κ3) is 3.66. The van der Waals surface area contributed by atoms with Crippen LogP contribution in [0.1, 0.15) is 38.2 Å². The smallest absolute Gasteiger partial charge is 0.222 e. The number of aromatic nitrogens is 2. The van der Waals surface area contributed by atoms with E-state index in [9.17, 15) is 0 Å². The Balaban J connectivity index is 1.82. The molecular weight excluding hydrogens is 212 g/mol. The molecule has 2 N–H and O–H groups in total. The maximum Gasteiger partial charge on any atom is 0.222 e. The average molecular weight is 234 g/mol. The number of nitrogens with zero attached hydrogens (tertiary/aromatic N) is 2. The highest BCUT2D eigenvalue weighted by molar-refractivity contribution is 5.25. The van der Waals surface area contributed by atoms with Crippen molar-refractivity contribution in [3.05, 3.63) is 18.0 Å². The van der Waals surface area contributed by atoms with E-state index in [0.29, 0.717) is 5.92 Å². The lowest BCUT2D eigenvalue weighted by atomic mass is 9.98. The Bertz CT molecular complexity index is 328. The van der Waals surface area contributed by atoms with Crippen molar-refractivity contribution in [2.75, 3.05) is 25.0 Å². The van der Waals surface area contributed by atoms with Gasteiger partial charge in [-0.1, -0.05) is 13.8 Å². The first-order valence-electron chi connectivity index (χ1n) is 6.52. The van der Waals surface area contributed by atoms with Gasteiger partial charge in [-0.3, -0.25) is 0 Å². The molecule has 0 radical (unpaired) electrons. The number of piperidine rings is 1. The van der Waals surface area contributed by atoms with E-state index in [0.717, 1.165) is 31.5 Å². The van der Waals surface area contributed by atoms with Crippen molar-refractivity contribution in [3.8, 4) is 0 Å². The fourth-order valence-corrected chi connectivity index (χ4v) is 2.05. The molecule has 1 saturated heterocycles. The summed E-state index contributed by atoms with van der Waals surface area (Å²) in [5.74, 6) is 2.01. The van der Waals surface area contributed by atoms with Crippen LogP contribution >= 0.6 is 0 Å². The van der Waals surface area contributed by atoms with E-state index in [2.05, 4.69) is 34.4 Å². The molecule has 94 valence electrons. The third-order valence-corrected chi connectivity index (χ3v) is 3.35. The molecule has 17 heavy (non-hydrogen) atoms. The minimum Gasteiger partial charge on any atom is -0.354 e. The van der Waals surface area contributed by atoms with Crippen molar-refractivity contribution in [3.63, 3.8) is 0 Å². The molecule has 2 rings (SSSR count). The molecular formula is C13H22N4.